The monoisotopic (exact) mass is 350 g/mol. The number of alkyl halides is 3. The van der Waals surface area contributed by atoms with Crippen molar-refractivity contribution in [1.29, 1.82) is 0 Å². The summed E-state index contributed by atoms with van der Waals surface area (Å²) in [6.45, 7) is 5.62. The summed E-state index contributed by atoms with van der Waals surface area (Å²) in [7, 11) is -5.68. The molecule has 0 saturated heterocycles. The van der Waals surface area contributed by atoms with Gasteiger partial charge in [-0.15, -0.1) is 0 Å². The highest BCUT2D eigenvalue weighted by molar-refractivity contribution is 7.87. The molecule has 0 N–H and O–H groups in total. The number of hydrogen-bond donors (Lipinski definition) is 0. The van der Waals surface area contributed by atoms with E-state index in [1.54, 1.807) is 12.1 Å². The Kier molecular flexibility index (Phi) is 4.40. The van der Waals surface area contributed by atoms with Gasteiger partial charge in [0.1, 0.15) is 17.1 Å². The lowest BCUT2D eigenvalue weighted by atomic mass is 9.95. The average Bonchev–Trinajstić information content (AvgIpc) is 2.35. The zero-order valence-corrected chi connectivity index (χ0v) is 13.7. The van der Waals surface area contributed by atoms with Crippen molar-refractivity contribution in [3.05, 3.63) is 35.4 Å². The number of halogens is 3. The normalized spacial score (nSPS) is 15.7. The minimum atomic E-state index is -5.68. The van der Waals surface area contributed by atoms with Gasteiger partial charge in [0.15, 0.2) is 0 Å². The van der Waals surface area contributed by atoms with Gasteiger partial charge in [0.2, 0.25) is 0 Å². The molecule has 0 fully saturated rings. The Bertz CT molecular complexity index is 728. The maximum absolute atomic E-state index is 12.5. The van der Waals surface area contributed by atoms with Gasteiger partial charge in [0, 0.05) is 5.56 Å². The van der Waals surface area contributed by atoms with E-state index in [0.717, 1.165) is 0 Å². The van der Waals surface area contributed by atoms with Crippen molar-refractivity contribution in [1.82, 2.24) is 0 Å². The van der Waals surface area contributed by atoms with Crippen LogP contribution in [-0.2, 0) is 20.7 Å². The Morgan fingerprint density at radius 1 is 1.13 bits per heavy atom. The summed E-state index contributed by atoms with van der Waals surface area (Å²) in [5, 5.41) is 0. The van der Waals surface area contributed by atoms with Gasteiger partial charge in [0.05, 0.1) is 0 Å². The van der Waals surface area contributed by atoms with Crippen molar-refractivity contribution in [3.63, 3.8) is 0 Å². The number of rotatable bonds is 3. The van der Waals surface area contributed by atoms with Crippen LogP contribution in [0.4, 0.5) is 13.2 Å². The smallest absolute Gasteiger partial charge is 0.488 e. The molecule has 4 nitrogen and oxygen atoms in total. The molecule has 1 aliphatic carbocycles. The molecule has 128 valence electrons. The largest absolute Gasteiger partial charge is 0.534 e. The highest BCUT2D eigenvalue weighted by Crippen LogP contribution is 2.35. The van der Waals surface area contributed by atoms with Crippen molar-refractivity contribution in [2.75, 3.05) is 0 Å². The second kappa shape index (κ2) is 5.74. The summed E-state index contributed by atoms with van der Waals surface area (Å²) >= 11 is 0. The molecule has 0 amide bonds. The summed E-state index contributed by atoms with van der Waals surface area (Å²) < 4.78 is 69.7. The van der Waals surface area contributed by atoms with E-state index in [1.165, 1.54) is 12.1 Å². The van der Waals surface area contributed by atoms with Crippen molar-refractivity contribution >= 4 is 15.9 Å². The number of hydrogen-bond acceptors (Lipinski definition) is 4. The molecule has 2 rings (SSSR count). The molecule has 0 bridgehead atoms. The second-order valence-corrected chi connectivity index (χ2v) is 7.66. The van der Waals surface area contributed by atoms with Gasteiger partial charge >= 0.3 is 15.6 Å². The van der Waals surface area contributed by atoms with E-state index in [2.05, 4.69) is 4.18 Å². The van der Waals surface area contributed by atoms with Crippen LogP contribution in [0.15, 0.2) is 24.3 Å². The third-order valence-corrected chi connectivity index (χ3v) is 3.96. The Hall–Kier alpha value is -1.70. The molecule has 23 heavy (non-hydrogen) atoms. The van der Waals surface area contributed by atoms with E-state index in [1.807, 2.05) is 20.8 Å². The standard InChI is InChI=1S/C15H17F3O4S/c1-14(2,3)21-11-7-8-12-10(9-11)5-4-6-13(12)22-23(19,20)15(16,17)18/h6-9H,4-5H2,1-3H3. The maximum Gasteiger partial charge on any atom is 0.534 e. The van der Waals surface area contributed by atoms with Crippen LogP contribution in [0.1, 0.15) is 38.3 Å². The predicted octanol–water partition coefficient (Wildman–Crippen LogP) is 4.02. The molecular formula is C15H17F3O4S. The fourth-order valence-electron chi connectivity index (χ4n) is 2.15. The average molecular weight is 350 g/mol. The molecule has 1 aliphatic rings. The zero-order valence-electron chi connectivity index (χ0n) is 12.9. The van der Waals surface area contributed by atoms with Crippen LogP contribution in [0.5, 0.6) is 5.75 Å². The molecule has 8 heteroatoms. The van der Waals surface area contributed by atoms with E-state index >= 15 is 0 Å². The number of ether oxygens (including phenoxy) is 1. The number of allylic oxidation sites excluding steroid dienone is 1. The lowest BCUT2D eigenvalue weighted by Gasteiger charge is -2.24. The quantitative estimate of drug-likeness (QED) is 0.610. The van der Waals surface area contributed by atoms with Crippen LogP contribution >= 0.6 is 0 Å². The predicted molar refractivity (Wildman–Crippen MR) is 79.2 cm³/mol. The van der Waals surface area contributed by atoms with Crippen molar-refractivity contribution in [2.24, 2.45) is 0 Å². The molecule has 0 radical (unpaired) electrons. The van der Waals surface area contributed by atoms with Crippen LogP contribution in [0.3, 0.4) is 0 Å². The SMILES string of the molecule is CC(C)(C)Oc1ccc2c(c1)CCC=C2OS(=O)(=O)C(F)(F)F. The van der Waals surface area contributed by atoms with Crippen molar-refractivity contribution in [3.8, 4) is 5.75 Å². The van der Waals surface area contributed by atoms with E-state index in [-0.39, 0.29) is 5.76 Å². The maximum atomic E-state index is 12.5. The molecule has 0 heterocycles. The van der Waals surface area contributed by atoms with Gasteiger partial charge < -0.3 is 8.92 Å². The fourth-order valence-corrected chi connectivity index (χ4v) is 2.64. The Balaban J connectivity index is 2.31. The number of aryl methyl sites for hydroxylation is 1. The number of fused-ring (bicyclic) bond motifs is 1. The third kappa shape index (κ3) is 4.19. The molecular weight excluding hydrogens is 333 g/mol. The molecule has 0 aromatic heterocycles. The molecule has 0 atom stereocenters. The first kappa shape index (κ1) is 17.7. The molecule has 0 spiro atoms. The highest BCUT2D eigenvalue weighted by Gasteiger charge is 2.49. The van der Waals surface area contributed by atoms with Gasteiger partial charge in [-0.3, -0.25) is 0 Å². The van der Waals surface area contributed by atoms with Crippen molar-refractivity contribution < 1.29 is 30.5 Å². The van der Waals surface area contributed by atoms with Crippen LogP contribution in [0, 0.1) is 0 Å². The molecule has 1 aromatic rings. The molecule has 0 saturated carbocycles. The van der Waals surface area contributed by atoms with Crippen LogP contribution in [-0.4, -0.2) is 19.5 Å². The van der Waals surface area contributed by atoms with E-state index in [0.29, 0.717) is 29.7 Å². The minimum Gasteiger partial charge on any atom is -0.488 e. The summed E-state index contributed by atoms with van der Waals surface area (Å²) in [5.74, 6) is 0.266. The van der Waals surface area contributed by atoms with Gasteiger partial charge in [-0.1, -0.05) is 0 Å². The van der Waals surface area contributed by atoms with Gasteiger partial charge in [-0.05, 0) is 63.5 Å². The van der Waals surface area contributed by atoms with Gasteiger partial charge in [-0.25, -0.2) is 0 Å². The van der Waals surface area contributed by atoms with Gasteiger partial charge in [0.25, 0.3) is 0 Å². The Labute approximate surface area is 133 Å². The summed E-state index contributed by atoms with van der Waals surface area (Å²) in [6.07, 6.45) is 2.29. The molecule has 0 aliphatic heterocycles. The van der Waals surface area contributed by atoms with Crippen LogP contribution in [0.25, 0.3) is 5.76 Å². The van der Waals surface area contributed by atoms with E-state index < -0.39 is 21.2 Å². The lowest BCUT2D eigenvalue weighted by Crippen LogP contribution is -2.25. The second-order valence-electron chi connectivity index (χ2n) is 6.12. The summed E-state index contributed by atoms with van der Waals surface area (Å²) in [4.78, 5) is 0. The van der Waals surface area contributed by atoms with E-state index in [4.69, 9.17) is 4.74 Å². The minimum absolute atomic E-state index is 0.300. The summed E-state index contributed by atoms with van der Waals surface area (Å²) in [5.41, 5.74) is -4.87. The van der Waals surface area contributed by atoms with Gasteiger partial charge in [-0.2, -0.15) is 21.6 Å². The lowest BCUT2D eigenvalue weighted by molar-refractivity contribution is -0.0509. The van der Waals surface area contributed by atoms with Crippen LogP contribution < -0.4 is 4.74 Å². The zero-order chi connectivity index (χ0) is 17.5. The first-order chi connectivity index (χ1) is 10.4. The third-order valence-electron chi connectivity index (χ3n) is 2.99. The van der Waals surface area contributed by atoms with Crippen molar-refractivity contribution in [2.45, 2.75) is 44.7 Å². The first-order valence-corrected chi connectivity index (χ1v) is 8.33. The van der Waals surface area contributed by atoms with E-state index in [9.17, 15) is 21.6 Å². The summed E-state index contributed by atoms with van der Waals surface area (Å²) in [6, 6.07) is 4.78. The Morgan fingerprint density at radius 2 is 1.78 bits per heavy atom. The topological polar surface area (TPSA) is 52.6 Å². The Morgan fingerprint density at radius 3 is 2.35 bits per heavy atom. The molecule has 0 unspecified atom stereocenters. The highest BCUT2D eigenvalue weighted by atomic mass is 32.2. The fraction of sp³-hybridized carbons (Fsp3) is 0.467. The number of benzene rings is 1. The first-order valence-electron chi connectivity index (χ1n) is 6.92. The van der Waals surface area contributed by atoms with Crippen LogP contribution in [0.2, 0.25) is 0 Å². The molecule has 1 aromatic carbocycles.